The Bertz CT molecular complexity index is 1970. The van der Waals surface area contributed by atoms with Gasteiger partial charge in [-0.3, -0.25) is 0 Å². The molecule has 0 radical (unpaired) electrons. The molecule has 0 N–H and O–H groups in total. The maximum absolute atomic E-state index is 7.55. The molecule has 2 heteroatoms. The van der Waals surface area contributed by atoms with E-state index in [1.165, 1.54) is 71.6 Å². The number of hydrogen-bond acceptors (Lipinski definition) is 2. The van der Waals surface area contributed by atoms with Crippen molar-refractivity contribution in [1.29, 1.82) is 0 Å². The fourth-order valence-electron chi connectivity index (χ4n) is 9.53. The smallest absolute Gasteiger partial charge is 0.251 e. The number of hydrogen-bond donors (Lipinski definition) is 0. The van der Waals surface area contributed by atoms with Gasteiger partial charge in [0.15, 0.2) is 0 Å². The first-order chi connectivity index (χ1) is 24.2. The molecule has 1 heterocycles. The molecule has 2 aliphatic carbocycles. The molecule has 0 atom stereocenters. The van der Waals surface area contributed by atoms with Gasteiger partial charge in [0.2, 0.25) is 0 Å². The van der Waals surface area contributed by atoms with Crippen molar-refractivity contribution in [2.24, 2.45) is 17.8 Å². The summed E-state index contributed by atoms with van der Waals surface area (Å²) >= 11 is 0. The molecule has 0 amide bonds. The van der Waals surface area contributed by atoms with E-state index >= 15 is 0 Å². The van der Waals surface area contributed by atoms with E-state index in [1.54, 1.807) is 0 Å². The van der Waals surface area contributed by atoms with Crippen LogP contribution in [0.5, 0.6) is 11.5 Å². The summed E-state index contributed by atoms with van der Waals surface area (Å²) in [5, 5.41) is 4.68. The highest BCUT2D eigenvalue weighted by Crippen LogP contribution is 2.58. The van der Waals surface area contributed by atoms with Crippen molar-refractivity contribution in [2.45, 2.75) is 76.9 Å². The van der Waals surface area contributed by atoms with Gasteiger partial charge in [-0.05, 0) is 88.6 Å². The maximum Gasteiger partial charge on any atom is 0.251 e. The minimum atomic E-state index is -0.730. The normalized spacial score (nSPS) is 20.3. The Balaban J connectivity index is 1.26. The summed E-state index contributed by atoms with van der Waals surface area (Å²) in [6.45, 7) is 2.34. The Morgan fingerprint density at radius 2 is 0.980 bits per heavy atom. The molecule has 0 bridgehead atoms. The SMILES string of the molecule is CCCC1CCC(C2CCC3(CC2)Oc2c(c(-c4ccccc4)cc4ccccc24)-c2c(-c4ccccc4)cc4ccccc4c2O3)CC1. The molecule has 6 aromatic carbocycles. The molecule has 9 rings (SSSR count). The van der Waals surface area contributed by atoms with Gasteiger partial charge in [-0.15, -0.1) is 0 Å². The third-order valence-electron chi connectivity index (χ3n) is 12.0. The average molecular weight is 643 g/mol. The van der Waals surface area contributed by atoms with E-state index in [-0.39, 0.29) is 0 Å². The van der Waals surface area contributed by atoms with Crippen LogP contribution in [0.4, 0.5) is 0 Å². The zero-order valence-electron chi connectivity index (χ0n) is 28.7. The van der Waals surface area contributed by atoms with Crippen molar-refractivity contribution in [1.82, 2.24) is 0 Å². The zero-order valence-corrected chi connectivity index (χ0v) is 28.7. The van der Waals surface area contributed by atoms with Crippen molar-refractivity contribution < 1.29 is 9.47 Å². The van der Waals surface area contributed by atoms with Crippen LogP contribution in [-0.2, 0) is 0 Å². The fraction of sp³-hybridized carbons (Fsp3) is 0.319. The highest BCUT2D eigenvalue weighted by Gasteiger charge is 2.46. The number of rotatable bonds is 5. The summed E-state index contributed by atoms with van der Waals surface area (Å²) in [4.78, 5) is 0. The summed E-state index contributed by atoms with van der Waals surface area (Å²) in [5.74, 6) is 3.72. The topological polar surface area (TPSA) is 18.5 Å². The lowest BCUT2D eigenvalue weighted by Crippen LogP contribution is -2.46. The second-order valence-corrected chi connectivity index (χ2v) is 15.0. The van der Waals surface area contributed by atoms with Crippen LogP contribution in [0.15, 0.2) is 121 Å². The van der Waals surface area contributed by atoms with Gasteiger partial charge in [0.25, 0.3) is 5.79 Å². The molecular weight excluding hydrogens is 597 g/mol. The largest absolute Gasteiger partial charge is 0.451 e. The Labute approximate surface area is 291 Å². The minimum absolute atomic E-state index is 0.730. The molecular formula is C47H46O2. The summed E-state index contributed by atoms with van der Waals surface area (Å²) in [6.07, 6.45) is 12.4. The molecule has 1 spiro atoms. The van der Waals surface area contributed by atoms with Gasteiger partial charge >= 0.3 is 0 Å². The van der Waals surface area contributed by atoms with Crippen LogP contribution in [0, 0.1) is 17.8 Å². The monoisotopic (exact) mass is 642 g/mol. The van der Waals surface area contributed by atoms with Gasteiger partial charge in [-0.25, -0.2) is 0 Å². The second-order valence-electron chi connectivity index (χ2n) is 15.0. The molecule has 49 heavy (non-hydrogen) atoms. The highest BCUT2D eigenvalue weighted by molar-refractivity contribution is 6.11. The highest BCUT2D eigenvalue weighted by atomic mass is 16.7. The van der Waals surface area contributed by atoms with Crippen molar-refractivity contribution in [3.63, 3.8) is 0 Å². The molecule has 6 aromatic rings. The lowest BCUT2D eigenvalue weighted by atomic mass is 9.69. The van der Waals surface area contributed by atoms with Crippen LogP contribution in [0.3, 0.4) is 0 Å². The van der Waals surface area contributed by atoms with Crippen molar-refractivity contribution in [3.05, 3.63) is 121 Å². The summed E-state index contributed by atoms with van der Waals surface area (Å²) in [6, 6.07) is 44.0. The van der Waals surface area contributed by atoms with E-state index in [9.17, 15) is 0 Å². The molecule has 3 aliphatic rings. The molecule has 1 aliphatic heterocycles. The van der Waals surface area contributed by atoms with Gasteiger partial charge in [0.05, 0.1) is 0 Å². The van der Waals surface area contributed by atoms with Crippen LogP contribution in [0.1, 0.15) is 71.1 Å². The standard InChI is InChI=1S/C47H46O2/c1-2-13-32-22-24-33(25-23-32)34-26-28-47(29-27-34)48-45-39-20-11-9-18-37(39)30-41(35-14-5-3-6-15-35)43(45)44-42(36-16-7-4-8-17-36)31-38-19-10-12-21-40(38)46(44)49-47/h3-12,14-21,30-34H,2,13,22-29H2,1H3. The van der Waals surface area contributed by atoms with E-state index in [1.807, 2.05) is 0 Å². The van der Waals surface area contributed by atoms with Crippen LogP contribution in [0.25, 0.3) is 54.9 Å². The van der Waals surface area contributed by atoms with Gasteiger partial charge in [0.1, 0.15) is 11.5 Å². The van der Waals surface area contributed by atoms with Gasteiger partial charge in [-0.2, -0.15) is 0 Å². The lowest BCUT2D eigenvalue weighted by Gasteiger charge is -2.43. The van der Waals surface area contributed by atoms with Crippen molar-refractivity contribution >= 4 is 21.5 Å². The van der Waals surface area contributed by atoms with Gasteiger partial charge in [-0.1, -0.05) is 142 Å². The number of benzene rings is 6. The quantitative estimate of drug-likeness (QED) is 0.186. The summed E-state index contributed by atoms with van der Waals surface area (Å²) in [5.41, 5.74) is 7.01. The number of ether oxygens (including phenoxy) is 2. The third-order valence-corrected chi connectivity index (χ3v) is 12.0. The summed E-state index contributed by atoms with van der Waals surface area (Å²) in [7, 11) is 0. The van der Waals surface area contributed by atoms with E-state index in [0.29, 0.717) is 0 Å². The number of fused-ring (bicyclic) bond motifs is 7. The van der Waals surface area contributed by atoms with Gasteiger partial charge in [0, 0.05) is 34.7 Å². The molecule has 246 valence electrons. The molecule has 2 nitrogen and oxygen atoms in total. The maximum atomic E-state index is 7.55. The van der Waals surface area contributed by atoms with Crippen LogP contribution in [0.2, 0.25) is 0 Å². The van der Waals surface area contributed by atoms with Crippen molar-refractivity contribution in [2.75, 3.05) is 0 Å². The lowest BCUT2D eigenvalue weighted by molar-refractivity contribution is -0.144. The summed E-state index contributed by atoms with van der Waals surface area (Å²) < 4.78 is 15.1. The second kappa shape index (κ2) is 12.7. The van der Waals surface area contributed by atoms with Gasteiger partial charge < -0.3 is 9.47 Å². The van der Waals surface area contributed by atoms with E-state index in [2.05, 4.69) is 128 Å². The van der Waals surface area contributed by atoms with E-state index in [0.717, 1.165) is 76.8 Å². The van der Waals surface area contributed by atoms with E-state index < -0.39 is 5.79 Å². The first kappa shape index (κ1) is 30.5. The Morgan fingerprint density at radius 3 is 1.47 bits per heavy atom. The predicted octanol–water partition coefficient (Wildman–Crippen LogP) is 13.3. The molecule has 2 saturated carbocycles. The van der Waals surface area contributed by atoms with Crippen LogP contribution in [-0.4, -0.2) is 5.79 Å². The van der Waals surface area contributed by atoms with Crippen LogP contribution < -0.4 is 9.47 Å². The Kier molecular flexibility index (Phi) is 7.91. The Morgan fingerprint density at radius 1 is 0.531 bits per heavy atom. The molecule has 0 saturated heterocycles. The molecule has 2 fully saturated rings. The zero-order chi connectivity index (χ0) is 32.8. The Hall–Kier alpha value is -4.56. The first-order valence-electron chi connectivity index (χ1n) is 18.8. The van der Waals surface area contributed by atoms with Crippen molar-refractivity contribution in [3.8, 4) is 44.9 Å². The molecule has 0 aromatic heterocycles. The minimum Gasteiger partial charge on any atom is -0.451 e. The third kappa shape index (κ3) is 5.50. The fourth-order valence-corrected chi connectivity index (χ4v) is 9.53. The average Bonchev–Trinajstić information content (AvgIpc) is 3.31. The first-order valence-corrected chi connectivity index (χ1v) is 18.8. The predicted molar refractivity (Wildman–Crippen MR) is 204 cm³/mol. The van der Waals surface area contributed by atoms with Crippen LogP contribution >= 0.6 is 0 Å². The molecule has 0 unspecified atom stereocenters. The van der Waals surface area contributed by atoms with E-state index in [4.69, 9.17) is 9.47 Å².